The number of carbonyl (C=O) groups is 2. The first-order valence-corrected chi connectivity index (χ1v) is 6.59. The van der Waals surface area contributed by atoms with Crippen molar-refractivity contribution in [2.24, 2.45) is 5.92 Å². The Labute approximate surface area is 113 Å². The average molecular weight is 275 g/mol. The number of nitrogens with one attached hydrogen (secondary N) is 3. The van der Waals surface area contributed by atoms with Crippen molar-refractivity contribution in [2.75, 3.05) is 39.9 Å². The summed E-state index contributed by atoms with van der Waals surface area (Å²) >= 11 is 0. The fourth-order valence-electron chi connectivity index (χ4n) is 1.50. The maximum atomic E-state index is 11.9. The van der Waals surface area contributed by atoms with Gasteiger partial charge < -0.3 is 26.2 Å². The topological polar surface area (TPSA) is 111 Å². The van der Waals surface area contributed by atoms with E-state index < -0.39 is 5.92 Å². The summed E-state index contributed by atoms with van der Waals surface area (Å²) in [6.45, 7) is 1.28. The number of carbonyl (C=O) groups excluding carboxylic acids is 2. The van der Waals surface area contributed by atoms with Crippen molar-refractivity contribution in [2.45, 2.75) is 19.3 Å². The Kier molecular flexibility index (Phi) is 11.1. The van der Waals surface area contributed by atoms with Gasteiger partial charge in [-0.3, -0.25) is 9.59 Å². The largest absolute Gasteiger partial charge is 0.396 e. The molecule has 5 N–H and O–H groups in total. The van der Waals surface area contributed by atoms with Crippen LogP contribution in [0.15, 0.2) is 0 Å². The molecule has 19 heavy (non-hydrogen) atoms. The van der Waals surface area contributed by atoms with Crippen molar-refractivity contribution in [3.63, 3.8) is 0 Å². The van der Waals surface area contributed by atoms with E-state index in [-0.39, 0.29) is 25.0 Å². The minimum Gasteiger partial charge on any atom is -0.396 e. The summed E-state index contributed by atoms with van der Waals surface area (Å²) in [6.07, 6.45) is 1.35. The Morgan fingerprint density at radius 1 is 0.947 bits per heavy atom. The van der Waals surface area contributed by atoms with Crippen molar-refractivity contribution in [3.8, 4) is 0 Å². The molecule has 0 rings (SSSR count). The van der Waals surface area contributed by atoms with E-state index >= 15 is 0 Å². The molecule has 0 bridgehead atoms. The second-order valence-electron chi connectivity index (χ2n) is 4.18. The van der Waals surface area contributed by atoms with Crippen LogP contribution in [0.5, 0.6) is 0 Å². The molecule has 0 fully saturated rings. The summed E-state index contributed by atoms with van der Waals surface area (Å²) in [6, 6.07) is 0. The van der Waals surface area contributed by atoms with Crippen molar-refractivity contribution in [1.82, 2.24) is 16.0 Å². The molecule has 7 nitrogen and oxygen atoms in total. The lowest BCUT2D eigenvalue weighted by molar-refractivity contribution is -0.135. The van der Waals surface area contributed by atoms with Crippen molar-refractivity contribution < 1.29 is 19.8 Å². The van der Waals surface area contributed by atoms with Gasteiger partial charge in [-0.05, 0) is 32.9 Å². The van der Waals surface area contributed by atoms with Crippen LogP contribution in [-0.4, -0.2) is 61.9 Å². The highest BCUT2D eigenvalue weighted by molar-refractivity contribution is 6.00. The third-order valence-corrected chi connectivity index (χ3v) is 2.58. The molecule has 0 atom stereocenters. The summed E-state index contributed by atoms with van der Waals surface area (Å²) in [7, 11) is 1.75. The zero-order valence-corrected chi connectivity index (χ0v) is 11.4. The highest BCUT2D eigenvalue weighted by atomic mass is 16.3. The van der Waals surface area contributed by atoms with E-state index in [2.05, 4.69) is 16.0 Å². The van der Waals surface area contributed by atoms with Crippen LogP contribution >= 0.6 is 0 Å². The summed E-state index contributed by atoms with van der Waals surface area (Å²) in [5, 5.41) is 25.5. The standard InChI is InChI=1S/C12H25N3O4/c1-13-7-4-10(11(18)14-5-2-8-16)12(19)15-6-3-9-17/h10,13,16-17H,2-9H2,1H3,(H,14,18)(H,15,19). The predicted molar refractivity (Wildman–Crippen MR) is 71.5 cm³/mol. The molecule has 0 aliphatic rings. The summed E-state index contributed by atoms with van der Waals surface area (Å²) < 4.78 is 0. The van der Waals surface area contributed by atoms with Gasteiger partial charge >= 0.3 is 0 Å². The number of hydrogen-bond donors (Lipinski definition) is 5. The van der Waals surface area contributed by atoms with Crippen molar-refractivity contribution in [1.29, 1.82) is 0 Å². The quantitative estimate of drug-likeness (QED) is 0.226. The lowest BCUT2D eigenvalue weighted by Gasteiger charge is -2.16. The molecule has 0 aliphatic carbocycles. The molecular weight excluding hydrogens is 250 g/mol. The molecule has 2 amide bonds. The van der Waals surface area contributed by atoms with Crippen LogP contribution in [0, 0.1) is 5.92 Å². The van der Waals surface area contributed by atoms with E-state index in [1.54, 1.807) is 7.05 Å². The van der Waals surface area contributed by atoms with Gasteiger partial charge in [-0.25, -0.2) is 0 Å². The monoisotopic (exact) mass is 275 g/mol. The predicted octanol–water partition coefficient (Wildman–Crippen LogP) is -1.79. The van der Waals surface area contributed by atoms with Crippen LogP contribution in [0.3, 0.4) is 0 Å². The summed E-state index contributed by atoms with van der Waals surface area (Å²) in [5.41, 5.74) is 0. The van der Waals surface area contributed by atoms with Gasteiger partial charge in [0.25, 0.3) is 0 Å². The van der Waals surface area contributed by atoms with E-state index in [0.29, 0.717) is 38.9 Å². The van der Waals surface area contributed by atoms with Crippen LogP contribution in [0.1, 0.15) is 19.3 Å². The fourth-order valence-corrected chi connectivity index (χ4v) is 1.50. The fraction of sp³-hybridized carbons (Fsp3) is 0.833. The van der Waals surface area contributed by atoms with Crippen LogP contribution in [-0.2, 0) is 9.59 Å². The molecular formula is C12H25N3O4. The SMILES string of the molecule is CNCCC(C(=O)NCCCO)C(=O)NCCCO. The lowest BCUT2D eigenvalue weighted by Crippen LogP contribution is -2.43. The van der Waals surface area contributed by atoms with Gasteiger partial charge in [0.15, 0.2) is 0 Å². The first-order chi connectivity index (χ1) is 9.17. The second-order valence-corrected chi connectivity index (χ2v) is 4.18. The highest BCUT2D eigenvalue weighted by Gasteiger charge is 2.25. The summed E-state index contributed by atoms with van der Waals surface area (Å²) in [5.74, 6) is -1.40. The average Bonchev–Trinajstić information content (AvgIpc) is 2.40. The Bertz CT molecular complexity index is 239. The molecule has 0 spiro atoms. The summed E-state index contributed by atoms with van der Waals surface area (Å²) in [4.78, 5) is 23.7. The van der Waals surface area contributed by atoms with Gasteiger partial charge in [0.05, 0.1) is 0 Å². The molecule has 0 aliphatic heterocycles. The number of aliphatic hydroxyl groups excluding tert-OH is 2. The molecule has 0 radical (unpaired) electrons. The van der Waals surface area contributed by atoms with Crippen LogP contribution < -0.4 is 16.0 Å². The minimum absolute atomic E-state index is 0.00413. The Morgan fingerprint density at radius 3 is 1.79 bits per heavy atom. The van der Waals surface area contributed by atoms with Crippen LogP contribution in [0.25, 0.3) is 0 Å². The molecule has 0 saturated heterocycles. The molecule has 112 valence electrons. The molecule has 0 aromatic rings. The Balaban J connectivity index is 4.25. The Hall–Kier alpha value is -1.18. The number of hydrogen-bond acceptors (Lipinski definition) is 5. The van der Waals surface area contributed by atoms with E-state index in [9.17, 15) is 9.59 Å². The third-order valence-electron chi connectivity index (χ3n) is 2.58. The lowest BCUT2D eigenvalue weighted by atomic mass is 10.0. The Morgan fingerprint density at radius 2 is 1.42 bits per heavy atom. The smallest absolute Gasteiger partial charge is 0.232 e. The third kappa shape index (κ3) is 8.52. The maximum absolute atomic E-state index is 11.9. The van der Waals surface area contributed by atoms with E-state index in [0.717, 1.165) is 0 Å². The van der Waals surface area contributed by atoms with Gasteiger partial charge in [0.1, 0.15) is 5.92 Å². The van der Waals surface area contributed by atoms with Gasteiger partial charge in [0, 0.05) is 26.3 Å². The first kappa shape index (κ1) is 17.8. The first-order valence-electron chi connectivity index (χ1n) is 6.59. The number of rotatable bonds is 11. The zero-order valence-electron chi connectivity index (χ0n) is 11.4. The number of amides is 2. The number of aliphatic hydroxyl groups is 2. The van der Waals surface area contributed by atoms with E-state index in [4.69, 9.17) is 10.2 Å². The van der Waals surface area contributed by atoms with Crippen molar-refractivity contribution >= 4 is 11.8 Å². The normalized spacial score (nSPS) is 10.5. The minimum atomic E-state index is -0.746. The van der Waals surface area contributed by atoms with E-state index in [1.165, 1.54) is 0 Å². The van der Waals surface area contributed by atoms with Gasteiger partial charge in [0.2, 0.25) is 11.8 Å². The van der Waals surface area contributed by atoms with Crippen LogP contribution in [0.2, 0.25) is 0 Å². The zero-order chi connectivity index (χ0) is 14.5. The van der Waals surface area contributed by atoms with E-state index in [1.807, 2.05) is 0 Å². The molecule has 0 aromatic carbocycles. The molecule has 0 unspecified atom stereocenters. The maximum Gasteiger partial charge on any atom is 0.232 e. The highest BCUT2D eigenvalue weighted by Crippen LogP contribution is 2.03. The van der Waals surface area contributed by atoms with Crippen LogP contribution in [0.4, 0.5) is 0 Å². The van der Waals surface area contributed by atoms with Gasteiger partial charge in [-0.2, -0.15) is 0 Å². The molecule has 7 heteroatoms. The second kappa shape index (κ2) is 11.9. The van der Waals surface area contributed by atoms with Gasteiger partial charge in [-0.15, -0.1) is 0 Å². The van der Waals surface area contributed by atoms with Gasteiger partial charge in [-0.1, -0.05) is 0 Å². The molecule has 0 heterocycles. The van der Waals surface area contributed by atoms with Crippen molar-refractivity contribution in [3.05, 3.63) is 0 Å². The molecule has 0 saturated carbocycles. The molecule has 0 aromatic heterocycles.